The summed E-state index contributed by atoms with van der Waals surface area (Å²) in [6.45, 7) is 0. The lowest BCUT2D eigenvalue weighted by atomic mass is 10.1. The van der Waals surface area contributed by atoms with Gasteiger partial charge in [-0.15, -0.1) is 0 Å². The molecule has 36 heavy (non-hydrogen) atoms. The number of nitrogens with zero attached hydrogens (tertiary/aromatic N) is 2. The second-order valence-electron chi connectivity index (χ2n) is 6.96. The molecule has 2 aromatic carbocycles. The number of anilines is 1. The minimum Gasteiger partial charge on any atom is -0.465 e. The number of halogens is 1. The van der Waals surface area contributed by atoms with E-state index in [1.54, 1.807) is 48.8 Å². The zero-order valence-corrected chi connectivity index (χ0v) is 20.2. The van der Waals surface area contributed by atoms with Gasteiger partial charge in [-0.2, -0.15) is 0 Å². The molecule has 0 unspecified atom stereocenters. The second kappa shape index (κ2) is 16.4. The lowest BCUT2D eigenvalue weighted by Crippen LogP contribution is -2.02. The van der Waals surface area contributed by atoms with Crippen LogP contribution in [0, 0.1) is 0 Å². The number of rotatable bonds is 4. The van der Waals surface area contributed by atoms with Crippen molar-refractivity contribution in [1.29, 1.82) is 0 Å². The molecule has 0 saturated carbocycles. The molecule has 2 heterocycles. The van der Waals surface area contributed by atoms with Gasteiger partial charge in [0.1, 0.15) is 5.15 Å². The molecule has 0 amide bonds. The van der Waals surface area contributed by atoms with Gasteiger partial charge in [0.2, 0.25) is 0 Å². The highest BCUT2D eigenvalue weighted by atomic mass is 35.5. The maximum atomic E-state index is 11.4. The standard InChI is InChI=1S/C14H13NO2.C8H9NO2.C5H4ClN.CH4/c1-17-14(16)12-6-4-5-11(9-12)10-13-7-2-3-8-15-13;1-11-8(10)6-3-2-4-7(9)5-6;6-5-3-1-2-4-7-5;/h2-9H,10H2,1H3;2-5H,9H2,1H3;1-4H;1H4. The Morgan fingerprint density at radius 1 is 0.778 bits per heavy atom. The topological polar surface area (TPSA) is 104 Å². The summed E-state index contributed by atoms with van der Waals surface area (Å²) in [6, 6.07) is 25.3. The first-order valence-electron chi connectivity index (χ1n) is 10.5. The molecule has 2 aromatic heterocycles. The lowest BCUT2D eigenvalue weighted by molar-refractivity contribution is 0.0592. The normalized spacial score (nSPS) is 9.19. The van der Waals surface area contributed by atoms with Gasteiger partial charge in [-0.3, -0.25) is 4.98 Å². The molecule has 0 aliphatic heterocycles. The Morgan fingerprint density at radius 2 is 1.36 bits per heavy atom. The monoisotopic (exact) mass is 507 g/mol. The van der Waals surface area contributed by atoms with Gasteiger partial charge in [0.05, 0.1) is 25.3 Å². The summed E-state index contributed by atoms with van der Waals surface area (Å²) in [5, 5.41) is 0.544. The van der Waals surface area contributed by atoms with Crippen LogP contribution in [0.15, 0.2) is 97.3 Å². The molecule has 7 nitrogen and oxygen atoms in total. The summed E-state index contributed by atoms with van der Waals surface area (Å²) in [6.07, 6.45) is 4.13. The van der Waals surface area contributed by atoms with Crippen molar-refractivity contribution in [2.24, 2.45) is 0 Å². The van der Waals surface area contributed by atoms with Crippen LogP contribution < -0.4 is 5.73 Å². The van der Waals surface area contributed by atoms with Crippen LogP contribution in [0.5, 0.6) is 0 Å². The molecule has 4 aromatic rings. The summed E-state index contributed by atoms with van der Waals surface area (Å²) in [5.41, 5.74) is 9.08. The van der Waals surface area contributed by atoms with Crippen LogP contribution in [-0.2, 0) is 15.9 Å². The van der Waals surface area contributed by atoms with Gasteiger partial charge < -0.3 is 15.2 Å². The fourth-order valence-electron chi connectivity index (χ4n) is 2.76. The second-order valence-corrected chi connectivity index (χ2v) is 7.35. The predicted octanol–water partition coefficient (Wildman–Crippen LogP) is 5.89. The van der Waals surface area contributed by atoms with Gasteiger partial charge in [0.25, 0.3) is 0 Å². The van der Waals surface area contributed by atoms with Crippen molar-refractivity contribution in [3.05, 3.63) is 125 Å². The molecule has 0 bridgehead atoms. The zero-order valence-electron chi connectivity index (χ0n) is 19.4. The number of hydrogen-bond donors (Lipinski definition) is 1. The average molecular weight is 508 g/mol. The number of ether oxygens (including phenoxy) is 2. The highest BCUT2D eigenvalue weighted by molar-refractivity contribution is 6.29. The smallest absolute Gasteiger partial charge is 0.337 e. The van der Waals surface area contributed by atoms with Crippen LogP contribution in [0.1, 0.15) is 39.4 Å². The molecule has 0 saturated heterocycles. The van der Waals surface area contributed by atoms with Crippen LogP contribution in [0.3, 0.4) is 0 Å². The Hall–Kier alpha value is -4.23. The van der Waals surface area contributed by atoms with E-state index in [0.717, 1.165) is 11.3 Å². The molecule has 0 atom stereocenters. The molecule has 0 radical (unpaired) electrons. The molecular weight excluding hydrogens is 478 g/mol. The Labute approximate surface area is 216 Å². The lowest BCUT2D eigenvalue weighted by Gasteiger charge is -2.03. The van der Waals surface area contributed by atoms with Gasteiger partial charge in [-0.1, -0.05) is 49.4 Å². The van der Waals surface area contributed by atoms with E-state index in [1.165, 1.54) is 14.2 Å². The molecule has 4 rings (SSSR count). The number of pyridine rings is 2. The highest BCUT2D eigenvalue weighted by Gasteiger charge is 2.06. The molecule has 2 N–H and O–H groups in total. The van der Waals surface area contributed by atoms with E-state index in [2.05, 4.69) is 19.4 Å². The van der Waals surface area contributed by atoms with E-state index in [4.69, 9.17) is 17.3 Å². The van der Waals surface area contributed by atoms with E-state index in [9.17, 15) is 9.59 Å². The Morgan fingerprint density at radius 3 is 1.83 bits per heavy atom. The van der Waals surface area contributed by atoms with E-state index < -0.39 is 0 Å². The first-order chi connectivity index (χ1) is 16.9. The van der Waals surface area contributed by atoms with Crippen molar-refractivity contribution in [1.82, 2.24) is 9.97 Å². The number of nitrogens with two attached hydrogens (primary N) is 1. The molecule has 0 spiro atoms. The average Bonchev–Trinajstić information content (AvgIpc) is 2.89. The maximum absolute atomic E-state index is 11.4. The largest absolute Gasteiger partial charge is 0.465 e. The number of carbonyl (C=O) groups is 2. The van der Waals surface area contributed by atoms with E-state index in [0.29, 0.717) is 28.4 Å². The number of carbonyl (C=O) groups excluding carboxylic acids is 2. The molecule has 8 heteroatoms. The number of methoxy groups -OCH3 is 2. The Balaban J connectivity index is 0.000000293. The van der Waals surface area contributed by atoms with E-state index in [1.807, 2.05) is 48.5 Å². The number of benzene rings is 2. The zero-order chi connectivity index (χ0) is 25.5. The Bertz CT molecular complexity index is 1210. The fourth-order valence-corrected chi connectivity index (χ4v) is 2.89. The first-order valence-corrected chi connectivity index (χ1v) is 10.9. The summed E-state index contributed by atoms with van der Waals surface area (Å²) in [4.78, 5) is 30.3. The van der Waals surface area contributed by atoms with Crippen LogP contribution in [0.25, 0.3) is 0 Å². The van der Waals surface area contributed by atoms with Gasteiger partial charge >= 0.3 is 11.9 Å². The van der Waals surface area contributed by atoms with E-state index >= 15 is 0 Å². The van der Waals surface area contributed by atoms with Crippen LogP contribution in [0.2, 0.25) is 5.15 Å². The summed E-state index contributed by atoms with van der Waals surface area (Å²) >= 11 is 5.43. The molecule has 0 aliphatic rings. The van der Waals surface area contributed by atoms with Crippen molar-refractivity contribution in [3.8, 4) is 0 Å². The fraction of sp³-hybridized carbons (Fsp3) is 0.143. The predicted molar refractivity (Wildman–Crippen MR) is 143 cm³/mol. The maximum Gasteiger partial charge on any atom is 0.337 e. The third-order valence-electron chi connectivity index (χ3n) is 4.40. The van der Waals surface area contributed by atoms with Crippen molar-refractivity contribution in [2.75, 3.05) is 20.0 Å². The van der Waals surface area contributed by atoms with E-state index in [-0.39, 0.29) is 19.4 Å². The third kappa shape index (κ3) is 10.8. The highest BCUT2D eigenvalue weighted by Crippen LogP contribution is 2.11. The van der Waals surface area contributed by atoms with Crippen molar-refractivity contribution in [3.63, 3.8) is 0 Å². The number of aromatic nitrogens is 2. The minimum absolute atomic E-state index is 0. The van der Waals surface area contributed by atoms with Gasteiger partial charge in [-0.25, -0.2) is 14.6 Å². The number of hydrogen-bond acceptors (Lipinski definition) is 7. The summed E-state index contributed by atoms with van der Waals surface area (Å²) in [5.74, 6) is -0.676. The van der Waals surface area contributed by atoms with Crippen LogP contribution >= 0.6 is 11.6 Å². The van der Waals surface area contributed by atoms with Crippen molar-refractivity contribution in [2.45, 2.75) is 13.8 Å². The number of esters is 2. The SMILES string of the molecule is C.COC(=O)c1cccc(Cc2ccccn2)c1.COC(=O)c1cccc(N)c1.Clc1ccccn1. The van der Waals surface area contributed by atoms with Crippen molar-refractivity contribution >= 4 is 29.2 Å². The molecule has 0 fully saturated rings. The van der Waals surface area contributed by atoms with Crippen LogP contribution in [0.4, 0.5) is 5.69 Å². The van der Waals surface area contributed by atoms with Crippen LogP contribution in [-0.4, -0.2) is 36.1 Å². The molecule has 0 aliphatic carbocycles. The van der Waals surface area contributed by atoms with Gasteiger partial charge in [0, 0.05) is 30.2 Å². The summed E-state index contributed by atoms with van der Waals surface area (Å²) in [7, 11) is 2.72. The molecule has 188 valence electrons. The third-order valence-corrected chi connectivity index (χ3v) is 4.62. The Kier molecular flexibility index (Phi) is 13.6. The summed E-state index contributed by atoms with van der Waals surface area (Å²) < 4.78 is 9.18. The minimum atomic E-state index is -0.364. The quantitative estimate of drug-likeness (QED) is 0.209. The molecular formula is C28H30ClN3O4. The van der Waals surface area contributed by atoms with Gasteiger partial charge in [-0.05, 0) is 60.2 Å². The van der Waals surface area contributed by atoms with Crippen molar-refractivity contribution < 1.29 is 19.1 Å². The number of nitrogen functional groups attached to an aromatic ring is 1. The first kappa shape index (κ1) is 29.8. The van der Waals surface area contributed by atoms with Gasteiger partial charge in [0.15, 0.2) is 0 Å².